The molecule has 2 N–H and O–H groups in total. The number of fused-ring (bicyclic) bond motifs is 3. The van der Waals surface area contributed by atoms with Gasteiger partial charge in [-0.2, -0.15) is 0 Å². The number of carbonyl (C=O) groups excluding carboxylic acids is 4. The molecule has 6 aromatic rings. The quantitative estimate of drug-likeness (QED) is 0.0383. The Bertz CT molecular complexity index is 3230. The summed E-state index contributed by atoms with van der Waals surface area (Å²) in [6.07, 6.45) is 2.52. The molecule has 0 spiro atoms. The largest absolute Gasteiger partial charge is 0.493 e. The van der Waals surface area contributed by atoms with Crippen LogP contribution < -0.4 is 39.1 Å². The van der Waals surface area contributed by atoms with Crippen LogP contribution in [0.1, 0.15) is 113 Å². The number of nitrogens with one attached hydrogen (secondary N) is 2. The first-order chi connectivity index (χ1) is 39.7. The van der Waals surface area contributed by atoms with Gasteiger partial charge in [0.2, 0.25) is 17.6 Å². The number of rotatable bonds is 26. The van der Waals surface area contributed by atoms with Crippen LogP contribution in [0.4, 0.5) is 0 Å². The minimum absolute atomic E-state index is 0.0353. The van der Waals surface area contributed by atoms with Crippen LogP contribution in [0.15, 0.2) is 83.9 Å². The van der Waals surface area contributed by atoms with Gasteiger partial charge in [-0.25, -0.2) is 4.79 Å². The van der Waals surface area contributed by atoms with E-state index in [0.717, 1.165) is 50.7 Å². The van der Waals surface area contributed by atoms with Crippen molar-refractivity contribution in [3.63, 3.8) is 0 Å². The molecule has 0 saturated carbocycles. The third-order valence-corrected chi connectivity index (χ3v) is 16.2. The lowest BCUT2D eigenvalue weighted by molar-refractivity contribution is -0.162. The number of esters is 1. The molecule has 2 aliphatic heterocycles. The van der Waals surface area contributed by atoms with Gasteiger partial charge in [0.1, 0.15) is 34.8 Å². The summed E-state index contributed by atoms with van der Waals surface area (Å²) < 4.78 is 48.0. The van der Waals surface area contributed by atoms with Crippen LogP contribution in [-0.2, 0) is 35.1 Å². The molecule has 0 aliphatic carbocycles. The average Bonchev–Trinajstić information content (AvgIpc) is 4.02. The van der Waals surface area contributed by atoms with Gasteiger partial charge < -0.3 is 53.4 Å². The number of aryl methyl sites for hydroxylation is 3. The normalized spacial score (nSPS) is 15.4. The highest BCUT2D eigenvalue weighted by molar-refractivity contribution is 7.15. The number of amides is 3. The number of ether oxygens (including phenoxy) is 8. The van der Waals surface area contributed by atoms with Crippen molar-refractivity contribution in [3.05, 3.63) is 134 Å². The number of likely N-dealkylation sites (tertiary alicyclic amines) is 1. The van der Waals surface area contributed by atoms with Crippen LogP contribution in [0.5, 0.6) is 34.5 Å². The van der Waals surface area contributed by atoms with E-state index in [1.807, 2.05) is 66.9 Å². The molecule has 4 heterocycles. The smallest absolute Gasteiger partial charge is 0.329 e. The van der Waals surface area contributed by atoms with Crippen LogP contribution >= 0.6 is 22.9 Å². The number of piperidine rings is 1. The van der Waals surface area contributed by atoms with E-state index in [-0.39, 0.29) is 57.1 Å². The van der Waals surface area contributed by atoms with Crippen molar-refractivity contribution in [1.82, 2.24) is 30.3 Å². The van der Waals surface area contributed by atoms with Gasteiger partial charge >= 0.3 is 5.97 Å². The first-order valence-electron chi connectivity index (χ1n) is 27.4. The van der Waals surface area contributed by atoms with E-state index in [0.29, 0.717) is 94.5 Å². The Hall–Kier alpha value is -7.68. The van der Waals surface area contributed by atoms with Crippen molar-refractivity contribution in [3.8, 4) is 39.5 Å². The van der Waals surface area contributed by atoms with Gasteiger partial charge in [-0.3, -0.25) is 23.9 Å². The lowest BCUT2D eigenvalue weighted by atomic mass is 9.91. The highest BCUT2D eigenvalue weighted by Gasteiger charge is 2.39. The molecule has 1 fully saturated rings. The maximum Gasteiger partial charge on any atom is 0.329 e. The number of methoxy groups -OCH3 is 5. The highest BCUT2D eigenvalue weighted by atomic mass is 35.5. The van der Waals surface area contributed by atoms with E-state index >= 15 is 0 Å². The van der Waals surface area contributed by atoms with Crippen molar-refractivity contribution >= 4 is 52.3 Å². The Balaban J connectivity index is 0.857. The monoisotopic (exact) mass is 1160 g/mol. The van der Waals surface area contributed by atoms with Crippen LogP contribution in [0.25, 0.3) is 5.00 Å². The lowest BCUT2D eigenvalue weighted by Crippen LogP contribution is -2.50. The SMILES string of the molecule is CC[C@H](C(=O)N1CCCC[C@H]1C(=O)O[C@H](CCc1ccc(OC)c(OC)c1)c1cccc(OCC(=O)NCCOCCNC(=O)C[C@@H]2N=C(c3ccc(Cl)cc3)c3c(sc(C)c3C)-n3c(C)nnc32)c1)c1cc(OC)c(OC)c(OC)c1. The Morgan fingerprint density at radius 1 is 0.780 bits per heavy atom. The predicted octanol–water partition coefficient (Wildman–Crippen LogP) is 9.35. The second kappa shape index (κ2) is 28.3. The Morgan fingerprint density at radius 2 is 1.49 bits per heavy atom. The minimum Gasteiger partial charge on any atom is -0.493 e. The van der Waals surface area contributed by atoms with Gasteiger partial charge in [0.05, 0.1) is 66.8 Å². The molecule has 2 aliphatic rings. The molecule has 4 aromatic carbocycles. The van der Waals surface area contributed by atoms with E-state index in [4.69, 9.17) is 54.5 Å². The molecule has 3 amide bonds. The fourth-order valence-electron chi connectivity index (χ4n) is 10.4. The summed E-state index contributed by atoms with van der Waals surface area (Å²) >= 11 is 7.91. The van der Waals surface area contributed by atoms with Crippen LogP contribution in [-0.4, -0.2) is 130 Å². The molecule has 21 heteroatoms. The third-order valence-electron chi connectivity index (χ3n) is 14.7. The number of carbonyl (C=O) groups is 4. The lowest BCUT2D eigenvalue weighted by Gasteiger charge is -2.37. The molecule has 82 heavy (non-hydrogen) atoms. The van der Waals surface area contributed by atoms with Crippen molar-refractivity contribution in [2.75, 3.05) is 75.0 Å². The zero-order valence-corrected chi connectivity index (χ0v) is 49.5. The minimum atomic E-state index is -0.826. The first kappa shape index (κ1) is 60.4. The van der Waals surface area contributed by atoms with E-state index < -0.39 is 30.1 Å². The number of halogens is 1. The summed E-state index contributed by atoms with van der Waals surface area (Å²) in [7, 11) is 7.73. The summed E-state index contributed by atoms with van der Waals surface area (Å²) in [6.45, 7) is 8.93. The van der Waals surface area contributed by atoms with Crippen LogP contribution in [0.2, 0.25) is 5.02 Å². The molecule has 0 radical (unpaired) electrons. The third kappa shape index (κ3) is 14.1. The molecule has 8 rings (SSSR count). The summed E-state index contributed by atoms with van der Waals surface area (Å²) in [5.41, 5.74) is 5.99. The predicted molar refractivity (Wildman–Crippen MR) is 312 cm³/mol. The molecule has 2 aromatic heterocycles. The van der Waals surface area contributed by atoms with Gasteiger partial charge in [-0.1, -0.05) is 48.9 Å². The molecule has 0 bridgehead atoms. The molecule has 19 nitrogen and oxygen atoms in total. The van der Waals surface area contributed by atoms with Gasteiger partial charge in [0.15, 0.2) is 35.4 Å². The van der Waals surface area contributed by atoms with E-state index in [1.165, 1.54) is 21.3 Å². The first-order valence-corrected chi connectivity index (χ1v) is 28.6. The number of hydrogen-bond acceptors (Lipinski definition) is 16. The highest BCUT2D eigenvalue weighted by Crippen LogP contribution is 2.43. The van der Waals surface area contributed by atoms with Gasteiger partial charge in [0, 0.05) is 40.7 Å². The Kier molecular flexibility index (Phi) is 20.9. The fraction of sp³-hybridized carbons (Fsp3) is 0.426. The molecular weight excluding hydrogens is 1090 g/mol. The number of thiophene rings is 1. The molecule has 0 unspecified atom stereocenters. The average molecular weight is 1160 g/mol. The number of benzene rings is 4. The number of aromatic nitrogens is 3. The van der Waals surface area contributed by atoms with Gasteiger partial charge in [-0.15, -0.1) is 21.5 Å². The van der Waals surface area contributed by atoms with Crippen LogP contribution in [0.3, 0.4) is 0 Å². The second-order valence-electron chi connectivity index (χ2n) is 19.9. The summed E-state index contributed by atoms with van der Waals surface area (Å²) in [4.78, 5) is 63.6. The number of aliphatic imine (C=N–C) groups is 1. The van der Waals surface area contributed by atoms with Gasteiger partial charge in [0.25, 0.3) is 5.91 Å². The molecule has 4 atom stereocenters. The zero-order valence-electron chi connectivity index (χ0n) is 47.9. The van der Waals surface area contributed by atoms with E-state index in [1.54, 1.807) is 60.8 Å². The van der Waals surface area contributed by atoms with Crippen molar-refractivity contribution in [1.29, 1.82) is 0 Å². The topological polar surface area (TPSA) is 212 Å². The molecule has 436 valence electrons. The zero-order chi connectivity index (χ0) is 58.5. The Labute approximate surface area is 487 Å². The fourth-order valence-corrected chi connectivity index (χ4v) is 11.7. The summed E-state index contributed by atoms with van der Waals surface area (Å²) in [5.74, 6) is 2.20. The number of nitrogens with zero attached hydrogens (tertiary/aromatic N) is 5. The summed E-state index contributed by atoms with van der Waals surface area (Å²) in [5, 5.41) is 16.2. The van der Waals surface area contributed by atoms with Gasteiger partial charge in [-0.05, 0) is 130 Å². The summed E-state index contributed by atoms with van der Waals surface area (Å²) in [6, 6.07) is 22.4. The molecular formula is C61H72ClN7O12S. The van der Waals surface area contributed by atoms with Crippen molar-refractivity contribution < 1.29 is 57.1 Å². The number of hydrogen-bond donors (Lipinski definition) is 2. The van der Waals surface area contributed by atoms with Crippen molar-refractivity contribution in [2.45, 2.75) is 96.7 Å². The van der Waals surface area contributed by atoms with Crippen LogP contribution in [0, 0.1) is 20.8 Å². The maximum absolute atomic E-state index is 14.6. The van der Waals surface area contributed by atoms with Crippen molar-refractivity contribution in [2.24, 2.45) is 4.99 Å². The standard InChI is InChI=1S/C61H72ClN7O12S/c1-10-45(42-32-51(76-7)57(78-9)52(33-42)77-8)59(72)68-27-12-11-16-47(68)61(73)81-48(23-17-39-18-24-49(74-5)50(30-39)75-6)41-14-13-15-44(31-41)80-35-54(71)64-26-29-79-28-25-63-53(70)34-46-58-67-66-38(4)69(58)60-55(36(2)37(3)82-60)56(65-46)40-19-21-43(62)22-20-40/h13-15,18-22,24,30-33,45-48H,10-12,16-17,23,25-29,34-35H2,1-9H3,(H,63,70)(H,64,71)/t45-,46-,47-,48+/m0/s1. The molecule has 1 saturated heterocycles. The van der Waals surface area contributed by atoms with E-state index in [2.05, 4.69) is 34.7 Å². The van der Waals surface area contributed by atoms with E-state index in [9.17, 15) is 19.2 Å². The second-order valence-corrected chi connectivity index (χ2v) is 21.5. The maximum atomic E-state index is 14.6. The Morgan fingerprint density at radius 3 is 2.17 bits per heavy atom.